The van der Waals surface area contributed by atoms with Gasteiger partial charge in [-0.2, -0.15) is 13.1 Å². The standard InChI is InChI=1S/C23H19Cl2N5O5S3/c24-15-4-7-17(8-5-15)38(34,35)30-12-10-29(11-13-30)23(31)18-14-16(25)6-9-19(18)28-37(32,33)21-3-1-2-20-22(21)27-36-26-20/h1-9,14,28H,10-13H2. The number of carbonyl (C=O) groups excluding carboxylic acids is 1. The van der Waals surface area contributed by atoms with E-state index in [1.54, 1.807) is 12.1 Å². The smallest absolute Gasteiger partial charge is 0.264 e. The molecule has 1 aliphatic rings. The van der Waals surface area contributed by atoms with Crippen LogP contribution in [0.5, 0.6) is 0 Å². The quantitative estimate of drug-likeness (QED) is 0.349. The molecule has 38 heavy (non-hydrogen) atoms. The topological polar surface area (TPSA) is 130 Å². The van der Waals surface area contributed by atoms with Crippen molar-refractivity contribution in [3.05, 3.63) is 76.3 Å². The zero-order valence-electron chi connectivity index (χ0n) is 19.4. The number of nitrogens with zero attached hydrogens (tertiary/aromatic N) is 4. The van der Waals surface area contributed by atoms with Gasteiger partial charge in [0.15, 0.2) is 0 Å². The van der Waals surface area contributed by atoms with E-state index in [4.69, 9.17) is 23.2 Å². The van der Waals surface area contributed by atoms with Crippen LogP contribution in [-0.2, 0) is 20.0 Å². The number of amides is 1. The minimum Gasteiger partial charge on any atom is -0.336 e. The van der Waals surface area contributed by atoms with Crippen molar-refractivity contribution >= 4 is 77.6 Å². The van der Waals surface area contributed by atoms with Crippen molar-refractivity contribution in [1.82, 2.24) is 18.0 Å². The van der Waals surface area contributed by atoms with Gasteiger partial charge in [0.1, 0.15) is 15.9 Å². The number of carbonyl (C=O) groups is 1. The Morgan fingerprint density at radius 2 is 1.55 bits per heavy atom. The van der Waals surface area contributed by atoms with Crippen molar-refractivity contribution in [3.8, 4) is 0 Å². The second-order valence-electron chi connectivity index (χ2n) is 8.33. The van der Waals surface area contributed by atoms with Gasteiger partial charge >= 0.3 is 0 Å². The first-order valence-electron chi connectivity index (χ1n) is 11.1. The van der Waals surface area contributed by atoms with Crippen LogP contribution >= 0.6 is 34.9 Å². The Kier molecular flexibility index (Phi) is 7.33. The molecule has 4 aromatic rings. The van der Waals surface area contributed by atoms with Gasteiger partial charge in [0, 0.05) is 36.2 Å². The van der Waals surface area contributed by atoms with Crippen LogP contribution in [0.2, 0.25) is 10.0 Å². The van der Waals surface area contributed by atoms with Crippen molar-refractivity contribution in [1.29, 1.82) is 0 Å². The van der Waals surface area contributed by atoms with E-state index in [2.05, 4.69) is 13.5 Å². The zero-order chi connectivity index (χ0) is 27.1. The summed E-state index contributed by atoms with van der Waals surface area (Å²) in [6, 6.07) is 14.7. The number of sulfonamides is 2. The van der Waals surface area contributed by atoms with Gasteiger partial charge < -0.3 is 4.90 Å². The number of anilines is 1. The van der Waals surface area contributed by atoms with E-state index in [1.165, 1.54) is 57.7 Å². The number of piperazine rings is 1. The number of aromatic nitrogens is 2. The molecular weight excluding hydrogens is 593 g/mol. The molecule has 1 aliphatic heterocycles. The van der Waals surface area contributed by atoms with E-state index in [-0.39, 0.29) is 57.8 Å². The molecule has 0 unspecified atom stereocenters. The first kappa shape index (κ1) is 26.8. The minimum atomic E-state index is -4.13. The van der Waals surface area contributed by atoms with Gasteiger partial charge in [-0.15, -0.1) is 0 Å². The minimum absolute atomic E-state index is 0.0378. The summed E-state index contributed by atoms with van der Waals surface area (Å²) in [6.45, 7) is 0.344. The maximum Gasteiger partial charge on any atom is 0.264 e. The molecule has 1 aromatic heterocycles. The number of fused-ring (bicyclic) bond motifs is 1. The Morgan fingerprint density at radius 1 is 0.868 bits per heavy atom. The number of rotatable bonds is 6. The SMILES string of the molecule is O=C(c1cc(Cl)ccc1NS(=O)(=O)c1cccc2nsnc12)N1CCN(S(=O)(=O)c2ccc(Cl)cc2)CC1. The maximum absolute atomic E-state index is 13.5. The van der Waals surface area contributed by atoms with Gasteiger partial charge in [0.25, 0.3) is 15.9 Å². The molecule has 1 N–H and O–H groups in total. The summed E-state index contributed by atoms with van der Waals surface area (Å²) in [4.78, 5) is 15.0. The molecule has 5 rings (SSSR count). The molecule has 0 spiro atoms. The summed E-state index contributed by atoms with van der Waals surface area (Å²) in [5.74, 6) is -0.484. The third kappa shape index (κ3) is 5.22. The van der Waals surface area contributed by atoms with Crippen molar-refractivity contribution < 1.29 is 21.6 Å². The van der Waals surface area contributed by atoms with E-state index in [0.29, 0.717) is 10.5 Å². The van der Waals surface area contributed by atoms with Gasteiger partial charge in [0.05, 0.1) is 27.9 Å². The Balaban J connectivity index is 1.36. The molecular formula is C23H19Cl2N5O5S3. The predicted molar refractivity (Wildman–Crippen MR) is 146 cm³/mol. The molecule has 0 saturated carbocycles. The Labute approximate surface area is 233 Å². The molecule has 2 heterocycles. The Morgan fingerprint density at radius 3 is 2.26 bits per heavy atom. The molecule has 1 saturated heterocycles. The van der Waals surface area contributed by atoms with Crippen LogP contribution in [0, 0.1) is 0 Å². The van der Waals surface area contributed by atoms with Crippen LogP contribution in [0.25, 0.3) is 11.0 Å². The molecule has 198 valence electrons. The lowest BCUT2D eigenvalue weighted by Gasteiger charge is -2.34. The summed E-state index contributed by atoms with van der Waals surface area (Å²) in [7, 11) is -7.89. The van der Waals surface area contributed by atoms with E-state index in [9.17, 15) is 21.6 Å². The predicted octanol–water partition coefficient (Wildman–Crippen LogP) is 3.95. The van der Waals surface area contributed by atoms with Crippen LogP contribution in [-0.4, -0.2) is 66.9 Å². The van der Waals surface area contributed by atoms with Crippen LogP contribution in [0.1, 0.15) is 10.4 Å². The van der Waals surface area contributed by atoms with E-state index >= 15 is 0 Å². The van der Waals surface area contributed by atoms with E-state index in [1.807, 2.05) is 0 Å². The van der Waals surface area contributed by atoms with Crippen molar-refractivity contribution in [2.45, 2.75) is 9.79 Å². The first-order chi connectivity index (χ1) is 18.1. The highest BCUT2D eigenvalue weighted by Crippen LogP contribution is 2.28. The summed E-state index contributed by atoms with van der Waals surface area (Å²) < 4.78 is 64.4. The fourth-order valence-electron chi connectivity index (χ4n) is 4.04. The second-order valence-corrected chi connectivity index (χ2v) is 13.3. The van der Waals surface area contributed by atoms with Gasteiger partial charge in [-0.1, -0.05) is 29.3 Å². The molecule has 0 bridgehead atoms. The number of benzene rings is 3. The van der Waals surface area contributed by atoms with Crippen molar-refractivity contribution in [3.63, 3.8) is 0 Å². The molecule has 3 aromatic carbocycles. The largest absolute Gasteiger partial charge is 0.336 e. The average molecular weight is 613 g/mol. The van der Waals surface area contributed by atoms with E-state index in [0.717, 1.165) is 11.7 Å². The summed E-state index contributed by atoms with van der Waals surface area (Å²) in [6.07, 6.45) is 0. The molecule has 15 heteroatoms. The average Bonchev–Trinajstić information content (AvgIpc) is 3.38. The molecule has 0 aliphatic carbocycles. The third-order valence-corrected chi connectivity index (χ3v) is 10.3. The molecule has 0 radical (unpaired) electrons. The number of nitrogens with one attached hydrogen (secondary N) is 1. The van der Waals surface area contributed by atoms with Gasteiger partial charge in [-0.05, 0) is 54.6 Å². The summed E-state index contributed by atoms with van der Waals surface area (Å²) in [5.41, 5.74) is 0.746. The van der Waals surface area contributed by atoms with Gasteiger partial charge in [-0.25, -0.2) is 16.8 Å². The summed E-state index contributed by atoms with van der Waals surface area (Å²) in [5, 5.41) is 0.665. The highest BCUT2D eigenvalue weighted by atomic mass is 35.5. The van der Waals surface area contributed by atoms with Crippen molar-refractivity contribution in [2.75, 3.05) is 30.9 Å². The molecule has 1 amide bonds. The number of halogens is 2. The fourth-order valence-corrected chi connectivity index (χ4v) is 7.61. The lowest BCUT2D eigenvalue weighted by Crippen LogP contribution is -2.50. The van der Waals surface area contributed by atoms with Crippen LogP contribution in [0.4, 0.5) is 5.69 Å². The monoisotopic (exact) mass is 611 g/mol. The Bertz CT molecular complexity index is 1740. The molecule has 10 nitrogen and oxygen atoms in total. The lowest BCUT2D eigenvalue weighted by atomic mass is 10.1. The third-order valence-electron chi connectivity index (χ3n) is 5.97. The van der Waals surface area contributed by atoms with Crippen molar-refractivity contribution in [2.24, 2.45) is 0 Å². The molecule has 0 atom stereocenters. The maximum atomic E-state index is 13.5. The van der Waals surface area contributed by atoms with Crippen LogP contribution in [0.3, 0.4) is 0 Å². The molecule has 1 fully saturated rings. The number of hydrogen-bond donors (Lipinski definition) is 1. The highest BCUT2D eigenvalue weighted by Gasteiger charge is 2.32. The van der Waals surface area contributed by atoms with Crippen LogP contribution in [0.15, 0.2) is 70.5 Å². The number of hydrogen-bond acceptors (Lipinski definition) is 8. The van der Waals surface area contributed by atoms with Gasteiger partial charge in [0.2, 0.25) is 10.0 Å². The lowest BCUT2D eigenvalue weighted by molar-refractivity contribution is 0.0699. The normalized spacial score (nSPS) is 15.1. The Hall–Kier alpha value is -2.81. The fraction of sp³-hybridized carbons (Fsp3) is 0.174. The second kappa shape index (κ2) is 10.4. The zero-order valence-corrected chi connectivity index (χ0v) is 23.4. The van der Waals surface area contributed by atoms with E-state index < -0.39 is 26.0 Å². The summed E-state index contributed by atoms with van der Waals surface area (Å²) >= 11 is 12.9. The van der Waals surface area contributed by atoms with Crippen LogP contribution < -0.4 is 4.72 Å². The van der Waals surface area contributed by atoms with Gasteiger partial charge in [-0.3, -0.25) is 9.52 Å². The first-order valence-corrected chi connectivity index (χ1v) is 15.6. The highest BCUT2D eigenvalue weighted by molar-refractivity contribution is 7.93.